The second kappa shape index (κ2) is 8.01. The van der Waals surface area contributed by atoms with Crippen LogP contribution in [0.3, 0.4) is 0 Å². The van der Waals surface area contributed by atoms with E-state index >= 15 is 0 Å². The summed E-state index contributed by atoms with van der Waals surface area (Å²) in [5.74, 6) is -0.541. The van der Waals surface area contributed by atoms with E-state index < -0.39 is 15.8 Å². The predicted octanol–water partition coefficient (Wildman–Crippen LogP) is 3.75. The van der Waals surface area contributed by atoms with Crippen LogP contribution in [-0.4, -0.2) is 43.1 Å². The van der Waals surface area contributed by atoms with Crippen molar-refractivity contribution in [1.82, 2.24) is 9.29 Å². The lowest BCUT2D eigenvalue weighted by molar-refractivity contribution is 0.332. The molecular formula is C22H21FN4O2S. The zero-order valence-electron chi connectivity index (χ0n) is 16.5. The van der Waals surface area contributed by atoms with Crippen LogP contribution in [0.4, 0.5) is 10.1 Å². The monoisotopic (exact) mass is 424 g/mol. The van der Waals surface area contributed by atoms with Gasteiger partial charge in [0.05, 0.1) is 11.8 Å². The maximum Gasteiger partial charge on any atom is 0.211 e. The predicted molar refractivity (Wildman–Crippen MR) is 115 cm³/mol. The van der Waals surface area contributed by atoms with Crippen molar-refractivity contribution < 1.29 is 12.8 Å². The molecule has 0 aliphatic carbocycles. The summed E-state index contributed by atoms with van der Waals surface area (Å²) < 4.78 is 39.8. The Balaban J connectivity index is 1.70. The van der Waals surface area contributed by atoms with Crippen LogP contribution >= 0.6 is 0 Å². The largest absolute Gasteiger partial charge is 0.382 e. The quantitative estimate of drug-likeness (QED) is 0.689. The van der Waals surface area contributed by atoms with Crippen molar-refractivity contribution in [2.24, 2.45) is 0 Å². The molecule has 0 saturated carbocycles. The molecule has 1 aromatic heterocycles. The van der Waals surface area contributed by atoms with Crippen LogP contribution < -0.4 is 5.32 Å². The first-order chi connectivity index (χ1) is 14.4. The van der Waals surface area contributed by atoms with Crippen molar-refractivity contribution in [1.29, 1.82) is 5.26 Å². The number of piperidine rings is 1. The van der Waals surface area contributed by atoms with Crippen molar-refractivity contribution in [3.05, 3.63) is 60.2 Å². The number of nitriles is 1. The lowest BCUT2D eigenvalue weighted by Gasteiger charge is -2.31. The van der Waals surface area contributed by atoms with Crippen LogP contribution in [0.2, 0.25) is 0 Å². The van der Waals surface area contributed by atoms with Crippen LogP contribution in [0.15, 0.2) is 48.8 Å². The number of benzene rings is 2. The Bertz CT molecular complexity index is 1250. The number of hydrogen-bond donors (Lipinski definition) is 1. The first-order valence-corrected chi connectivity index (χ1v) is 11.5. The fourth-order valence-electron chi connectivity index (χ4n) is 3.87. The van der Waals surface area contributed by atoms with E-state index in [1.165, 1.54) is 16.6 Å². The Morgan fingerprint density at radius 3 is 2.70 bits per heavy atom. The maximum absolute atomic E-state index is 14.8. The zero-order chi connectivity index (χ0) is 21.3. The maximum atomic E-state index is 14.8. The molecule has 1 aliphatic heterocycles. The second-order valence-electron chi connectivity index (χ2n) is 7.48. The first-order valence-electron chi connectivity index (χ1n) is 9.65. The molecule has 2 heterocycles. The number of nitrogens with one attached hydrogen (secondary N) is 1. The summed E-state index contributed by atoms with van der Waals surface area (Å²) in [5.41, 5.74) is 1.85. The highest BCUT2D eigenvalue weighted by Gasteiger charge is 2.25. The van der Waals surface area contributed by atoms with E-state index in [1.54, 1.807) is 24.5 Å². The van der Waals surface area contributed by atoms with Crippen molar-refractivity contribution in [3.63, 3.8) is 0 Å². The number of nitrogens with zero attached hydrogens (tertiary/aromatic N) is 3. The number of halogens is 1. The Morgan fingerprint density at radius 2 is 2.00 bits per heavy atom. The molecule has 30 heavy (non-hydrogen) atoms. The molecule has 1 saturated heterocycles. The van der Waals surface area contributed by atoms with E-state index in [9.17, 15) is 12.8 Å². The SMILES string of the molecule is CS(=O)(=O)N1CCC(Nc2cc(-c3cccc(C#N)c3F)cc3ccncc23)CC1. The van der Waals surface area contributed by atoms with Gasteiger partial charge in [-0.15, -0.1) is 0 Å². The van der Waals surface area contributed by atoms with Crippen LogP contribution in [0.1, 0.15) is 18.4 Å². The number of sulfonamides is 1. The first kappa shape index (κ1) is 20.3. The average molecular weight is 425 g/mol. The lowest BCUT2D eigenvalue weighted by Crippen LogP contribution is -2.41. The van der Waals surface area contributed by atoms with Gasteiger partial charge < -0.3 is 5.32 Å². The number of anilines is 1. The molecule has 0 spiro atoms. The molecule has 0 radical (unpaired) electrons. The molecule has 1 fully saturated rings. The standard InChI is InChI=1S/C22H21FN4O2S/c1-30(28,29)27-9-6-18(7-10-27)26-21-12-17(11-15-5-8-25-14-20(15)21)19-4-2-3-16(13-24)22(19)23/h2-5,8,11-12,14,18,26H,6-7,9-10H2,1H3. The normalized spacial score (nSPS) is 15.8. The Morgan fingerprint density at radius 1 is 1.23 bits per heavy atom. The van der Waals surface area contributed by atoms with Gasteiger partial charge in [-0.25, -0.2) is 17.1 Å². The smallest absolute Gasteiger partial charge is 0.211 e. The summed E-state index contributed by atoms with van der Waals surface area (Å²) in [6, 6.07) is 12.4. The Labute approximate surface area is 175 Å². The molecule has 3 aromatic rings. The van der Waals surface area contributed by atoms with Crippen LogP contribution in [0, 0.1) is 17.1 Å². The summed E-state index contributed by atoms with van der Waals surface area (Å²) in [6.45, 7) is 0.927. The van der Waals surface area contributed by atoms with E-state index in [2.05, 4.69) is 10.3 Å². The van der Waals surface area contributed by atoms with E-state index in [0.29, 0.717) is 37.1 Å². The number of aromatic nitrogens is 1. The topological polar surface area (TPSA) is 86.1 Å². The molecule has 2 aromatic carbocycles. The van der Waals surface area contributed by atoms with Gasteiger partial charge in [0, 0.05) is 48.2 Å². The van der Waals surface area contributed by atoms with Gasteiger partial charge in [0.2, 0.25) is 10.0 Å². The molecule has 4 rings (SSSR count). The van der Waals surface area contributed by atoms with Crippen LogP contribution in [0.5, 0.6) is 0 Å². The van der Waals surface area contributed by atoms with Gasteiger partial charge in [-0.2, -0.15) is 5.26 Å². The Hall–Kier alpha value is -3.02. The van der Waals surface area contributed by atoms with Gasteiger partial charge in [-0.3, -0.25) is 4.98 Å². The minimum Gasteiger partial charge on any atom is -0.382 e. The third-order valence-corrected chi connectivity index (χ3v) is 6.77. The Kier molecular flexibility index (Phi) is 5.41. The fourth-order valence-corrected chi connectivity index (χ4v) is 4.74. The summed E-state index contributed by atoms with van der Waals surface area (Å²) in [4.78, 5) is 4.21. The minimum absolute atomic E-state index is 0.00461. The minimum atomic E-state index is -3.18. The molecule has 0 atom stereocenters. The van der Waals surface area contributed by atoms with Gasteiger partial charge in [-0.05, 0) is 48.1 Å². The van der Waals surface area contributed by atoms with Crippen LogP contribution in [-0.2, 0) is 10.0 Å². The van der Waals surface area contributed by atoms with E-state index in [4.69, 9.17) is 5.26 Å². The van der Waals surface area contributed by atoms with Crippen molar-refractivity contribution in [2.75, 3.05) is 24.7 Å². The molecule has 0 amide bonds. The molecule has 1 N–H and O–H groups in total. The lowest BCUT2D eigenvalue weighted by atomic mass is 9.97. The molecule has 6 nitrogen and oxygen atoms in total. The number of hydrogen-bond acceptors (Lipinski definition) is 5. The molecule has 8 heteroatoms. The fraction of sp³-hybridized carbons (Fsp3) is 0.273. The van der Waals surface area contributed by atoms with Crippen molar-refractivity contribution in [2.45, 2.75) is 18.9 Å². The highest BCUT2D eigenvalue weighted by atomic mass is 32.2. The third-order valence-electron chi connectivity index (χ3n) is 5.47. The van der Waals surface area contributed by atoms with Crippen LogP contribution in [0.25, 0.3) is 21.9 Å². The second-order valence-corrected chi connectivity index (χ2v) is 9.46. The van der Waals surface area contributed by atoms with Gasteiger partial charge in [-0.1, -0.05) is 12.1 Å². The zero-order valence-corrected chi connectivity index (χ0v) is 17.3. The van der Waals surface area contributed by atoms with Gasteiger partial charge >= 0.3 is 0 Å². The number of fused-ring (bicyclic) bond motifs is 1. The van der Waals surface area contributed by atoms with E-state index in [0.717, 1.165) is 16.5 Å². The molecule has 0 unspecified atom stereocenters. The molecule has 154 valence electrons. The van der Waals surface area contributed by atoms with E-state index in [1.807, 2.05) is 24.3 Å². The van der Waals surface area contributed by atoms with Crippen molar-refractivity contribution >= 4 is 26.5 Å². The van der Waals surface area contributed by atoms with Gasteiger partial charge in [0.1, 0.15) is 11.9 Å². The summed E-state index contributed by atoms with van der Waals surface area (Å²) >= 11 is 0. The summed E-state index contributed by atoms with van der Waals surface area (Å²) in [5, 5.41) is 14.5. The summed E-state index contributed by atoms with van der Waals surface area (Å²) in [7, 11) is -3.18. The number of pyridine rings is 1. The van der Waals surface area contributed by atoms with Gasteiger partial charge in [0.25, 0.3) is 0 Å². The highest BCUT2D eigenvalue weighted by Crippen LogP contribution is 2.33. The molecular weight excluding hydrogens is 403 g/mol. The third kappa shape index (κ3) is 3.99. The highest BCUT2D eigenvalue weighted by molar-refractivity contribution is 7.88. The molecule has 1 aliphatic rings. The number of rotatable bonds is 4. The van der Waals surface area contributed by atoms with Gasteiger partial charge in [0.15, 0.2) is 0 Å². The molecule has 0 bridgehead atoms. The summed E-state index contributed by atoms with van der Waals surface area (Å²) in [6.07, 6.45) is 6.03. The van der Waals surface area contributed by atoms with Crippen molar-refractivity contribution in [3.8, 4) is 17.2 Å². The van der Waals surface area contributed by atoms with E-state index in [-0.39, 0.29) is 11.6 Å². The average Bonchev–Trinajstić information content (AvgIpc) is 2.73.